The van der Waals surface area contributed by atoms with Crippen LogP contribution in [0.25, 0.3) is 0 Å². The summed E-state index contributed by atoms with van der Waals surface area (Å²) < 4.78 is 30.2. The number of aliphatic hydroxyl groups is 1. The Hall–Kier alpha value is -1.82. The lowest BCUT2D eigenvalue weighted by Gasteiger charge is -2.32. The molecular formula is C37H74O10S. The number of ether oxygens (including phenoxy) is 6. The van der Waals surface area contributed by atoms with Crippen LogP contribution in [0.15, 0.2) is 12.0 Å². The zero-order chi connectivity index (χ0) is 37.1. The number of carbonyl (C=O) groups excluding carboxylic acids is 3. The summed E-state index contributed by atoms with van der Waals surface area (Å²) in [5.74, 6) is 0.832. The normalized spacial score (nSPS) is 17.7. The van der Waals surface area contributed by atoms with Crippen LogP contribution in [0.3, 0.4) is 0 Å². The molecule has 48 heavy (non-hydrogen) atoms. The average Bonchev–Trinajstić information content (AvgIpc) is 3.30. The molecular weight excluding hydrogens is 636 g/mol. The van der Waals surface area contributed by atoms with Gasteiger partial charge in [-0.2, -0.15) is 0 Å². The number of rotatable bonds is 23. The van der Waals surface area contributed by atoms with Gasteiger partial charge in [-0.1, -0.05) is 103 Å². The van der Waals surface area contributed by atoms with E-state index in [9.17, 15) is 14.7 Å². The number of hydrogen-bond acceptors (Lipinski definition) is 10. The van der Waals surface area contributed by atoms with Crippen molar-refractivity contribution in [2.45, 2.75) is 157 Å². The lowest BCUT2D eigenvalue weighted by molar-refractivity contribution is -0.332. The summed E-state index contributed by atoms with van der Waals surface area (Å²) in [6, 6.07) is 0. The minimum absolute atomic E-state index is 0.211. The molecule has 0 saturated carbocycles. The van der Waals surface area contributed by atoms with Crippen molar-refractivity contribution in [1.29, 1.82) is 0 Å². The predicted octanol–water partition coefficient (Wildman–Crippen LogP) is 8.81. The number of carbonyl (C=O) groups is 3. The summed E-state index contributed by atoms with van der Waals surface area (Å²) >= 11 is 0. The lowest BCUT2D eigenvalue weighted by Crippen LogP contribution is -2.32. The fourth-order valence-corrected chi connectivity index (χ4v) is 6.33. The Morgan fingerprint density at radius 2 is 1.23 bits per heavy atom. The Labute approximate surface area is 295 Å². The third-order valence-corrected chi connectivity index (χ3v) is 9.96. The van der Waals surface area contributed by atoms with E-state index in [1.54, 1.807) is 13.8 Å². The molecule has 0 bridgehead atoms. The highest BCUT2D eigenvalue weighted by atomic mass is 32.3. The molecule has 0 aliphatic carbocycles. The highest BCUT2D eigenvalue weighted by Crippen LogP contribution is 2.41. The van der Waals surface area contributed by atoms with E-state index in [1.807, 2.05) is 0 Å². The Morgan fingerprint density at radius 3 is 1.56 bits per heavy atom. The van der Waals surface area contributed by atoms with Crippen LogP contribution in [-0.2, 0) is 42.8 Å². The summed E-state index contributed by atoms with van der Waals surface area (Å²) in [4.78, 5) is 28.2. The van der Waals surface area contributed by atoms with Crippen LogP contribution in [0.5, 0.6) is 0 Å². The molecule has 0 aromatic rings. The Kier molecular flexibility index (Phi) is 36.9. The molecule has 1 fully saturated rings. The van der Waals surface area contributed by atoms with Gasteiger partial charge in [0.2, 0.25) is 6.29 Å². The lowest BCUT2D eigenvalue weighted by atomic mass is 10.0. The number of unbranched alkanes of at least 4 members (excludes halogenated alkanes) is 15. The zero-order valence-corrected chi connectivity index (χ0v) is 33.2. The van der Waals surface area contributed by atoms with Gasteiger partial charge < -0.3 is 33.6 Å². The van der Waals surface area contributed by atoms with Crippen molar-refractivity contribution in [3.63, 3.8) is 0 Å². The minimum Gasteiger partial charge on any atom is -0.501 e. The van der Waals surface area contributed by atoms with E-state index >= 15 is 0 Å². The van der Waals surface area contributed by atoms with Crippen molar-refractivity contribution in [1.82, 2.24) is 0 Å². The van der Waals surface area contributed by atoms with E-state index in [-0.39, 0.29) is 17.7 Å². The largest absolute Gasteiger partial charge is 0.501 e. The predicted molar refractivity (Wildman–Crippen MR) is 198 cm³/mol. The van der Waals surface area contributed by atoms with Gasteiger partial charge in [0.15, 0.2) is 5.76 Å². The molecule has 288 valence electrons. The highest BCUT2D eigenvalue weighted by molar-refractivity contribution is 8.32. The van der Waals surface area contributed by atoms with Crippen molar-refractivity contribution in [3.8, 4) is 0 Å². The monoisotopic (exact) mass is 711 g/mol. The van der Waals surface area contributed by atoms with Gasteiger partial charge in [0, 0.05) is 26.5 Å². The van der Waals surface area contributed by atoms with Gasteiger partial charge in [-0.25, -0.2) is 10.0 Å². The third kappa shape index (κ3) is 37.0. The van der Waals surface area contributed by atoms with Gasteiger partial charge >= 0.3 is 17.9 Å². The first-order valence-corrected chi connectivity index (χ1v) is 20.7. The number of esters is 2. The molecule has 0 amide bonds. The Balaban J connectivity index is -0.00000121. The maximum Gasteiger partial charge on any atom is 0.326 e. The number of aliphatic hydroxyl groups excluding tert-OH is 1. The van der Waals surface area contributed by atoms with Crippen molar-refractivity contribution in [2.75, 3.05) is 51.5 Å². The fraction of sp³-hybridized carbons (Fsp3) is 0.865. The Bertz CT molecular complexity index is 790. The summed E-state index contributed by atoms with van der Waals surface area (Å²) in [6.07, 6.45) is 28.3. The number of hydrogen-bond donors (Lipinski definition) is 1. The molecule has 1 heterocycles. The van der Waals surface area contributed by atoms with Crippen LogP contribution in [-0.4, -0.2) is 87.0 Å². The molecule has 0 aromatic carbocycles. The van der Waals surface area contributed by atoms with Gasteiger partial charge in [0.1, 0.15) is 12.5 Å². The van der Waals surface area contributed by atoms with Crippen LogP contribution in [0.1, 0.15) is 144 Å². The Morgan fingerprint density at radius 1 is 0.812 bits per heavy atom. The molecule has 1 aliphatic heterocycles. The molecule has 2 atom stereocenters. The van der Waals surface area contributed by atoms with Crippen molar-refractivity contribution >= 4 is 28.3 Å². The maximum absolute atomic E-state index is 9.85. The summed E-state index contributed by atoms with van der Waals surface area (Å²) in [7, 11) is 2.16. The molecule has 0 aromatic heterocycles. The van der Waals surface area contributed by atoms with Gasteiger partial charge in [-0.05, 0) is 38.5 Å². The van der Waals surface area contributed by atoms with Gasteiger partial charge in [0.25, 0.3) is 0 Å². The second-order valence-corrected chi connectivity index (χ2v) is 16.7. The van der Waals surface area contributed by atoms with E-state index in [1.165, 1.54) is 150 Å². The van der Waals surface area contributed by atoms with E-state index in [0.29, 0.717) is 13.2 Å². The van der Waals surface area contributed by atoms with Gasteiger partial charge in [-0.3, -0.25) is 14.3 Å². The van der Waals surface area contributed by atoms with Crippen molar-refractivity contribution in [2.24, 2.45) is 0 Å². The van der Waals surface area contributed by atoms with Crippen LogP contribution in [0.4, 0.5) is 0 Å². The zero-order valence-electron chi connectivity index (χ0n) is 32.4. The van der Waals surface area contributed by atoms with Crippen LogP contribution < -0.4 is 0 Å². The quantitative estimate of drug-likeness (QED) is 0.0476. The first-order chi connectivity index (χ1) is 22.8. The molecule has 1 N–H and O–H groups in total. The fourth-order valence-electron chi connectivity index (χ4n) is 4.61. The standard InChI is InChI=1S/C28H56O5S.C4H8O2.C3H6O2.C2H4O/c1-6-7-8-9-10-11-12-13-14-15-16-17-18-19-20-21-23-34(4,5)24-22-31-28(2)32-26(25-30-3)27(29)33-28;1-3-6-4(2)5;1-3(4)5-2;1-2-3/h25,27,29H,6-24H2,1-5H3;3H2,1-2H3;1-2H3;2H,1H3. The maximum atomic E-state index is 9.85. The minimum atomic E-state index is -1.24. The molecule has 1 aliphatic rings. The van der Waals surface area contributed by atoms with Gasteiger partial charge in [-0.15, -0.1) is 0 Å². The molecule has 11 heteroatoms. The smallest absolute Gasteiger partial charge is 0.326 e. The SMILES string of the molecule is CC=O.CCCCCCCCCCCCCCCCCCS(C)(C)CCOC1(C)OC(=COC)C(O)O1.CCOC(C)=O.COC(C)=O. The molecule has 0 radical (unpaired) electrons. The van der Waals surface area contributed by atoms with Crippen molar-refractivity contribution < 1.29 is 47.9 Å². The van der Waals surface area contributed by atoms with Crippen LogP contribution in [0, 0.1) is 0 Å². The van der Waals surface area contributed by atoms with Gasteiger partial charge in [0.05, 0.1) is 27.4 Å². The van der Waals surface area contributed by atoms with E-state index in [0.717, 1.165) is 12.0 Å². The average molecular weight is 711 g/mol. The van der Waals surface area contributed by atoms with Crippen molar-refractivity contribution in [3.05, 3.63) is 12.0 Å². The van der Waals surface area contributed by atoms with Crippen LogP contribution in [0.2, 0.25) is 0 Å². The highest BCUT2D eigenvalue weighted by Gasteiger charge is 2.42. The van der Waals surface area contributed by atoms with E-state index in [2.05, 4.69) is 28.9 Å². The molecule has 10 nitrogen and oxygen atoms in total. The summed E-state index contributed by atoms with van der Waals surface area (Å²) in [5.41, 5.74) is 0. The molecule has 2 unspecified atom stereocenters. The van der Waals surface area contributed by atoms with E-state index < -0.39 is 22.3 Å². The summed E-state index contributed by atoms with van der Waals surface area (Å²) in [6.45, 7) is 11.0. The molecule has 1 saturated heterocycles. The third-order valence-electron chi connectivity index (χ3n) is 7.29. The molecule has 0 spiro atoms. The van der Waals surface area contributed by atoms with Crippen LogP contribution >= 0.6 is 10.0 Å². The topological polar surface area (TPSA) is 127 Å². The second kappa shape index (κ2) is 35.0. The second-order valence-electron chi connectivity index (χ2n) is 12.4. The summed E-state index contributed by atoms with van der Waals surface area (Å²) in [5, 5.41) is 9.85. The first kappa shape index (κ1) is 50.6. The number of aldehydes is 1. The first-order valence-electron chi connectivity index (χ1n) is 18.0. The number of methoxy groups -OCH3 is 2. The van der Waals surface area contributed by atoms with E-state index in [4.69, 9.17) is 23.7 Å². The molecule has 1 rings (SSSR count).